The van der Waals surface area contributed by atoms with Gasteiger partial charge in [-0.15, -0.1) is 0 Å². The average molecular weight is 353 g/mol. The van der Waals surface area contributed by atoms with Gasteiger partial charge in [-0.25, -0.2) is 0 Å². The number of nitrogens with one attached hydrogen (secondary N) is 1. The highest BCUT2D eigenvalue weighted by molar-refractivity contribution is 6.01. The molecule has 3 rings (SSSR count). The quantitative estimate of drug-likeness (QED) is 0.799. The summed E-state index contributed by atoms with van der Waals surface area (Å²) >= 11 is 0. The fourth-order valence-electron chi connectivity index (χ4n) is 2.67. The van der Waals surface area contributed by atoms with Crippen molar-refractivity contribution < 1.29 is 19.1 Å². The number of Topliss-reactive ketones (excluding diaryl/α,β-unsaturated/α-hetero) is 1. The third-order valence-corrected chi connectivity index (χ3v) is 4.11. The highest BCUT2D eigenvalue weighted by atomic mass is 16.5. The van der Waals surface area contributed by atoms with Crippen molar-refractivity contribution in [2.45, 2.75) is 19.9 Å². The fraction of sp³-hybridized carbons (Fsp3) is 0.263. The number of nitrogens with zero attached hydrogens (tertiary/aromatic N) is 2. The molecular weight excluding hydrogens is 334 g/mol. The Morgan fingerprint density at radius 3 is 2.73 bits per heavy atom. The van der Waals surface area contributed by atoms with Crippen molar-refractivity contribution in [2.75, 3.05) is 18.1 Å². The van der Waals surface area contributed by atoms with Crippen molar-refractivity contribution in [3.8, 4) is 5.75 Å². The predicted octanol–water partition coefficient (Wildman–Crippen LogP) is 1.72. The number of anilines is 1. The first kappa shape index (κ1) is 17.6. The molecule has 0 saturated heterocycles. The van der Waals surface area contributed by atoms with Crippen LogP contribution in [0.4, 0.5) is 5.69 Å². The number of carbonyl (C=O) groups excluding carboxylic acids is 3. The average Bonchev–Trinajstić information content (AvgIpc) is 2.66. The van der Waals surface area contributed by atoms with E-state index < -0.39 is 0 Å². The first-order chi connectivity index (χ1) is 12.5. The van der Waals surface area contributed by atoms with Gasteiger partial charge in [0.25, 0.3) is 5.91 Å². The second-order valence-electron chi connectivity index (χ2n) is 5.95. The van der Waals surface area contributed by atoms with Gasteiger partial charge in [0.15, 0.2) is 12.4 Å². The SMILES string of the molecule is CC(=O)c1ccc2c(c1)N(CCC(=O)NCc1ccncc1)C(=O)CO2. The molecule has 7 nitrogen and oxygen atoms in total. The Hall–Kier alpha value is -3.22. The van der Waals surface area contributed by atoms with Crippen LogP contribution in [0.2, 0.25) is 0 Å². The Morgan fingerprint density at radius 1 is 1.23 bits per heavy atom. The topological polar surface area (TPSA) is 88.6 Å². The van der Waals surface area contributed by atoms with Gasteiger partial charge < -0.3 is 15.0 Å². The van der Waals surface area contributed by atoms with E-state index in [0.29, 0.717) is 23.5 Å². The van der Waals surface area contributed by atoms with E-state index in [0.717, 1.165) is 5.56 Å². The lowest BCUT2D eigenvalue weighted by Gasteiger charge is -2.29. The summed E-state index contributed by atoms with van der Waals surface area (Å²) in [7, 11) is 0. The van der Waals surface area contributed by atoms with Crippen LogP contribution >= 0.6 is 0 Å². The van der Waals surface area contributed by atoms with Gasteiger partial charge in [-0.05, 0) is 42.8 Å². The monoisotopic (exact) mass is 353 g/mol. The van der Waals surface area contributed by atoms with E-state index in [9.17, 15) is 14.4 Å². The molecule has 0 saturated carbocycles. The molecule has 7 heteroatoms. The number of hydrogen-bond donors (Lipinski definition) is 1. The molecule has 26 heavy (non-hydrogen) atoms. The molecular formula is C19H19N3O4. The van der Waals surface area contributed by atoms with Crippen LogP contribution in [-0.2, 0) is 16.1 Å². The summed E-state index contributed by atoms with van der Waals surface area (Å²) in [5, 5.41) is 2.82. The molecule has 0 fully saturated rings. The lowest BCUT2D eigenvalue weighted by molar-refractivity contribution is -0.122. The van der Waals surface area contributed by atoms with Crippen LogP contribution < -0.4 is 15.0 Å². The molecule has 1 N–H and O–H groups in total. The Morgan fingerprint density at radius 2 is 2.00 bits per heavy atom. The predicted molar refractivity (Wildman–Crippen MR) is 95.0 cm³/mol. The number of carbonyl (C=O) groups is 3. The Balaban J connectivity index is 1.64. The van der Waals surface area contributed by atoms with Crippen molar-refractivity contribution in [3.05, 3.63) is 53.9 Å². The van der Waals surface area contributed by atoms with E-state index in [4.69, 9.17) is 4.74 Å². The lowest BCUT2D eigenvalue weighted by atomic mass is 10.1. The zero-order valence-electron chi connectivity index (χ0n) is 14.4. The Labute approximate surface area is 151 Å². The maximum Gasteiger partial charge on any atom is 0.265 e. The van der Waals surface area contributed by atoms with E-state index >= 15 is 0 Å². The van der Waals surface area contributed by atoms with E-state index in [2.05, 4.69) is 10.3 Å². The first-order valence-electron chi connectivity index (χ1n) is 8.28. The molecule has 1 aliphatic rings. The molecule has 1 aromatic heterocycles. The number of hydrogen-bond acceptors (Lipinski definition) is 5. The number of amides is 2. The molecule has 2 aromatic rings. The summed E-state index contributed by atoms with van der Waals surface area (Å²) in [6.07, 6.45) is 3.48. The zero-order chi connectivity index (χ0) is 18.5. The van der Waals surface area contributed by atoms with Crippen molar-refractivity contribution in [1.29, 1.82) is 0 Å². The molecule has 134 valence electrons. The van der Waals surface area contributed by atoms with Gasteiger partial charge in [0.2, 0.25) is 5.91 Å². The van der Waals surface area contributed by atoms with E-state index in [1.165, 1.54) is 11.8 Å². The molecule has 1 aliphatic heterocycles. The number of benzene rings is 1. The molecule has 0 radical (unpaired) electrons. The molecule has 2 heterocycles. The number of pyridine rings is 1. The summed E-state index contributed by atoms with van der Waals surface area (Å²) in [5.74, 6) is 0.0400. The second-order valence-corrected chi connectivity index (χ2v) is 5.95. The van der Waals surface area contributed by atoms with Gasteiger partial charge in [0.05, 0.1) is 5.69 Å². The van der Waals surface area contributed by atoms with Gasteiger partial charge in [0.1, 0.15) is 5.75 Å². The van der Waals surface area contributed by atoms with Gasteiger partial charge in [-0.3, -0.25) is 19.4 Å². The minimum atomic E-state index is -0.236. The Bertz CT molecular complexity index is 836. The molecule has 0 aliphatic carbocycles. The van der Waals surface area contributed by atoms with Crippen LogP contribution in [-0.4, -0.2) is 35.7 Å². The zero-order valence-corrected chi connectivity index (χ0v) is 14.4. The molecule has 0 bridgehead atoms. The number of rotatable bonds is 6. The molecule has 2 amide bonds. The number of aromatic nitrogens is 1. The summed E-state index contributed by atoms with van der Waals surface area (Å²) in [6.45, 7) is 2.01. The number of fused-ring (bicyclic) bond motifs is 1. The van der Waals surface area contributed by atoms with Crippen LogP contribution in [0.25, 0.3) is 0 Å². The van der Waals surface area contributed by atoms with E-state index in [1.54, 1.807) is 30.6 Å². The smallest absolute Gasteiger partial charge is 0.265 e. The number of ether oxygens (including phenoxy) is 1. The summed E-state index contributed by atoms with van der Waals surface area (Å²) < 4.78 is 5.40. The molecule has 0 atom stereocenters. The van der Waals surface area contributed by atoms with Gasteiger partial charge in [0, 0.05) is 37.5 Å². The number of ketones is 1. The maximum absolute atomic E-state index is 12.2. The molecule has 1 aromatic carbocycles. The summed E-state index contributed by atoms with van der Waals surface area (Å²) in [4.78, 5) is 41.3. The minimum Gasteiger partial charge on any atom is -0.482 e. The highest BCUT2D eigenvalue weighted by Crippen LogP contribution is 2.33. The largest absolute Gasteiger partial charge is 0.482 e. The first-order valence-corrected chi connectivity index (χ1v) is 8.28. The summed E-state index contributed by atoms with van der Waals surface area (Å²) in [6, 6.07) is 8.62. The normalized spacial score (nSPS) is 13.0. The second kappa shape index (κ2) is 7.77. The van der Waals surface area contributed by atoms with Crippen molar-refractivity contribution in [3.63, 3.8) is 0 Å². The Kier molecular flexibility index (Phi) is 5.26. The van der Waals surface area contributed by atoms with Crippen molar-refractivity contribution in [2.24, 2.45) is 0 Å². The minimum absolute atomic E-state index is 0.0783. The summed E-state index contributed by atoms with van der Waals surface area (Å²) in [5.41, 5.74) is 1.97. The highest BCUT2D eigenvalue weighted by Gasteiger charge is 2.26. The van der Waals surface area contributed by atoms with Crippen LogP contribution in [0.3, 0.4) is 0 Å². The standard InChI is InChI=1S/C19H19N3O4/c1-13(23)15-2-3-17-16(10-15)22(19(25)12-26-17)9-6-18(24)21-11-14-4-7-20-8-5-14/h2-5,7-8,10H,6,9,11-12H2,1H3,(H,21,24). The van der Waals surface area contributed by atoms with E-state index in [-0.39, 0.29) is 37.2 Å². The molecule has 0 unspecified atom stereocenters. The van der Waals surface area contributed by atoms with Gasteiger partial charge in [-0.1, -0.05) is 0 Å². The maximum atomic E-state index is 12.2. The van der Waals surface area contributed by atoms with Gasteiger partial charge in [-0.2, -0.15) is 0 Å². The van der Waals surface area contributed by atoms with E-state index in [1.807, 2.05) is 12.1 Å². The van der Waals surface area contributed by atoms with Crippen LogP contribution in [0.5, 0.6) is 5.75 Å². The van der Waals surface area contributed by atoms with Gasteiger partial charge >= 0.3 is 0 Å². The third kappa shape index (κ3) is 4.05. The van der Waals surface area contributed by atoms with Crippen LogP contribution in [0, 0.1) is 0 Å². The lowest BCUT2D eigenvalue weighted by Crippen LogP contribution is -2.41. The van der Waals surface area contributed by atoms with Crippen LogP contribution in [0.15, 0.2) is 42.7 Å². The molecule has 0 spiro atoms. The third-order valence-electron chi connectivity index (χ3n) is 4.11. The van der Waals surface area contributed by atoms with Crippen molar-refractivity contribution in [1.82, 2.24) is 10.3 Å². The van der Waals surface area contributed by atoms with Crippen LogP contribution in [0.1, 0.15) is 29.3 Å². The fourth-order valence-corrected chi connectivity index (χ4v) is 2.67. The van der Waals surface area contributed by atoms with Crippen molar-refractivity contribution >= 4 is 23.3 Å².